The van der Waals surface area contributed by atoms with Crippen molar-refractivity contribution in [3.63, 3.8) is 0 Å². The Morgan fingerprint density at radius 1 is 1.04 bits per heavy atom. The summed E-state index contributed by atoms with van der Waals surface area (Å²) >= 11 is 0. The van der Waals surface area contributed by atoms with Crippen LogP contribution in [-0.4, -0.2) is 5.97 Å². The molecule has 2 heteroatoms. The number of carbonyl (C=O) groups is 1. The minimum atomic E-state index is -0.0510. The summed E-state index contributed by atoms with van der Waals surface area (Å²) in [4.78, 5) is 12.7. The SMILES string of the molecule is CC1(C)C(C=C2CCCC2)C1C(=O)OCc1cccc(-c2ccccc2)c1. The molecule has 2 fully saturated rings. The van der Waals surface area contributed by atoms with E-state index in [1.807, 2.05) is 30.3 Å². The van der Waals surface area contributed by atoms with Crippen LogP contribution in [0.1, 0.15) is 45.1 Å². The molecule has 0 bridgehead atoms. The Hall–Kier alpha value is -2.35. The molecule has 0 heterocycles. The van der Waals surface area contributed by atoms with Gasteiger partial charge in [-0.3, -0.25) is 4.79 Å². The highest BCUT2D eigenvalue weighted by Crippen LogP contribution is 2.60. The van der Waals surface area contributed by atoms with Gasteiger partial charge in [-0.05, 0) is 59.8 Å². The molecule has 0 spiro atoms. The highest BCUT2D eigenvalue weighted by Gasteiger charge is 2.61. The Labute approximate surface area is 162 Å². The van der Waals surface area contributed by atoms with Gasteiger partial charge in [0.05, 0.1) is 5.92 Å². The number of esters is 1. The Morgan fingerprint density at radius 3 is 2.48 bits per heavy atom. The van der Waals surface area contributed by atoms with Crippen LogP contribution in [0.5, 0.6) is 0 Å². The fourth-order valence-electron chi connectivity index (χ4n) is 4.40. The number of benzene rings is 2. The number of hydrogen-bond donors (Lipinski definition) is 0. The zero-order chi connectivity index (χ0) is 18.9. The van der Waals surface area contributed by atoms with Crippen molar-refractivity contribution in [1.82, 2.24) is 0 Å². The van der Waals surface area contributed by atoms with Crippen molar-refractivity contribution in [3.05, 3.63) is 71.8 Å². The molecule has 2 aliphatic rings. The van der Waals surface area contributed by atoms with Crippen LogP contribution in [0, 0.1) is 17.3 Å². The molecule has 0 saturated heterocycles. The number of allylic oxidation sites excluding steroid dienone is 2. The molecule has 0 aromatic heterocycles. The quantitative estimate of drug-likeness (QED) is 0.471. The third-order valence-electron chi connectivity index (χ3n) is 6.24. The third kappa shape index (κ3) is 3.85. The number of hydrogen-bond acceptors (Lipinski definition) is 2. The van der Waals surface area contributed by atoms with Crippen molar-refractivity contribution in [1.29, 1.82) is 0 Å². The highest BCUT2D eigenvalue weighted by molar-refractivity contribution is 5.78. The molecular weight excluding hydrogens is 332 g/mol. The van der Waals surface area contributed by atoms with Gasteiger partial charge in [0.15, 0.2) is 0 Å². The molecular formula is C25H28O2. The minimum Gasteiger partial charge on any atom is -0.461 e. The fraction of sp³-hybridized carbons (Fsp3) is 0.400. The summed E-state index contributed by atoms with van der Waals surface area (Å²) in [6, 6.07) is 18.5. The lowest BCUT2D eigenvalue weighted by atomic mass is 10.0. The van der Waals surface area contributed by atoms with E-state index in [-0.39, 0.29) is 17.3 Å². The van der Waals surface area contributed by atoms with Gasteiger partial charge < -0.3 is 4.74 Å². The predicted octanol–water partition coefficient (Wildman–Crippen LogP) is 6.17. The highest BCUT2D eigenvalue weighted by atomic mass is 16.5. The summed E-state index contributed by atoms with van der Waals surface area (Å²) in [5.41, 5.74) is 4.93. The second-order valence-electron chi connectivity index (χ2n) is 8.53. The molecule has 4 rings (SSSR count). The van der Waals surface area contributed by atoms with Gasteiger partial charge in [0.2, 0.25) is 0 Å². The fourth-order valence-corrected chi connectivity index (χ4v) is 4.40. The van der Waals surface area contributed by atoms with Gasteiger partial charge >= 0.3 is 5.97 Å². The average molecular weight is 360 g/mol. The van der Waals surface area contributed by atoms with E-state index in [0.29, 0.717) is 12.5 Å². The van der Waals surface area contributed by atoms with Crippen molar-refractivity contribution in [2.24, 2.45) is 17.3 Å². The Morgan fingerprint density at radius 2 is 1.74 bits per heavy atom. The van der Waals surface area contributed by atoms with Crippen LogP contribution in [-0.2, 0) is 16.1 Å². The molecule has 140 valence electrons. The standard InChI is InChI=1S/C25H28O2/c1-25(2)22(16-18-9-6-7-10-18)23(25)24(26)27-17-19-11-8-14-21(15-19)20-12-4-3-5-13-20/h3-5,8,11-16,22-23H,6-7,9-10,17H2,1-2H3. The smallest absolute Gasteiger partial charge is 0.310 e. The summed E-state index contributed by atoms with van der Waals surface area (Å²) in [6.07, 6.45) is 7.38. The van der Waals surface area contributed by atoms with Crippen LogP contribution >= 0.6 is 0 Å². The van der Waals surface area contributed by atoms with Gasteiger partial charge in [-0.1, -0.05) is 74.0 Å². The summed E-state index contributed by atoms with van der Waals surface area (Å²) < 4.78 is 5.71. The lowest BCUT2D eigenvalue weighted by Gasteiger charge is -2.08. The molecule has 0 amide bonds. The molecule has 2 atom stereocenters. The van der Waals surface area contributed by atoms with Crippen LogP contribution in [0.4, 0.5) is 0 Å². The van der Waals surface area contributed by atoms with Crippen molar-refractivity contribution in [3.8, 4) is 11.1 Å². The Balaban J connectivity index is 1.39. The van der Waals surface area contributed by atoms with E-state index < -0.39 is 0 Å². The van der Waals surface area contributed by atoms with E-state index >= 15 is 0 Å². The van der Waals surface area contributed by atoms with Gasteiger partial charge in [0, 0.05) is 0 Å². The van der Waals surface area contributed by atoms with Crippen LogP contribution in [0.3, 0.4) is 0 Å². The van der Waals surface area contributed by atoms with E-state index in [0.717, 1.165) is 11.1 Å². The first kappa shape index (κ1) is 18.0. The van der Waals surface area contributed by atoms with Crippen molar-refractivity contribution < 1.29 is 9.53 Å². The zero-order valence-electron chi connectivity index (χ0n) is 16.3. The van der Waals surface area contributed by atoms with Crippen molar-refractivity contribution in [2.45, 2.75) is 46.1 Å². The topological polar surface area (TPSA) is 26.3 Å². The Bertz CT molecular complexity index is 840. The maximum atomic E-state index is 12.7. The summed E-state index contributed by atoms with van der Waals surface area (Å²) in [6.45, 7) is 4.71. The second-order valence-corrected chi connectivity index (χ2v) is 8.53. The normalized spacial score (nSPS) is 23.1. The first-order valence-corrected chi connectivity index (χ1v) is 10.1. The monoisotopic (exact) mass is 360 g/mol. The molecule has 2 saturated carbocycles. The molecule has 0 N–H and O–H groups in total. The maximum absolute atomic E-state index is 12.7. The van der Waals surface area contributed by atoms with E-state index in [4.69, 9.17) is 4.74 Å². The van der Waals surface area contributed by atoms with Crippen LogP contribution in [0.25, 0.3) is 11.1 Å². The largest absolute Gasteiger partial charge is 0.461 e. The van der Waals surface area contributed by atoms with Gasteiger partial charge in [0.25, 0.3) is 0 Å². The molecule has 2 aromatic carbocycles. The molecule has 0 radical (unpaired) electrons. The summed E-state index contributed by atoms with van der Waals surface area (Å²) in [5, 5.41) is 0. The van der Waals surface area contributed by atoms with Crippen LogP contribution in [0.2, 0.25) is 0 Å². The van der Waals surface area contributed by atoms with Gasteiger partial charge in [-0.15, -0.1) is 0 Å². The molecule has 2 unspecified atom stereocenters. The summed E-state index contributed by atoms with van der Waals surface area (Å²) in [7, 11) is 0. The molecule has 27 heavy (non-hydrogen) atoms. The van der Waals surface area contributed by atoms with Crippen LogP contribution in [0.15, 0.2) is 66.2 Å². The van der Waals surface area contributed by atoms with Gasteiger partial charge in [-0.25, -0.2) is 0 Å². The molecule has 2 aromatic rings. The first-order chi connectivity index (χ1) is 13.1. The molecule has 2 nitrogen and oxygen atoms in total. The molecule has 0 aliphatic heterocycles. The maximum Gasteiger partial charge on any atom is 0.310 e. The van der Waals surface area contributed by atoms with E-state index in [2.05, 4.69) is 44.2 Å². The number of carbonyl (C=O) groups excluding carboxylic acids is 1. The number of ether oxygens (including phenoxy) is 1. The third-order valence-corrected chi connectivity index (χ3v) is 6.24. The first-order valence-electron chi connectivity index (χ1n) is 10.1. The molecule has 2 aliphatic carbocycles. The van der Waals surface area contributed by atoms with Crippen molar-refractivity contribution >= 4 is 5.97 Å². The van der Waals surface area contributed by atoms with Gasteiger partial charge in [-0.2, -0.15) is 0 Å². The van der Waals surface area contributed by atoms with Crippen molar-refractivity contribution in [2.75, 3.05) is 0 Å². The van der Waals surface area contributed by atoms with E-state index in [1.165, 1.54) is 31.2 Å². The van der Waals surface area contributed by atoms with Gasteiger partial charge in [0.1, 0.15) is 6.61 Å². The minimum absolute atomic E-state index is 0.00269. The average Bonchev–Trinajstić information content (AvgIpc) is 3.02. The predicted molar refractivity (Wildman–Crippen MR) is 109 cm³/mol. The summed E-state index contributed by atoms with van der Waals surface area (Å²) in [5.74, 6) is 0.293. The second kappa shape index (κ2) is 7.34. The van der Waals surface area contributed by atoms with Crippen LogP contribution < -0.4 is 0 Å². The Kier molecular flexibility index (Phi) is 4.90. The zero-order valence-corrected chi connectivity index (χ0v) is 16.3. The lowest BCUT2D eigenvalue weighted by molar-refractivity contribution is -0.147. The number of rotatable bonds is 5. The van der Waals surface area contributed by atoms with E-state index in [9.17, 15) is 4.79 Å². The lowest BCUT2D eigenvalue weighted by Crippen LogP contribution is -2.10. The van der Waals surface area contributed by atoms with E-state index in [1.54, 1.807) is 5.57 Å².